The molecule has 1 saturated heterocycles. The van der Waals surface area contributed by atoms with Crippen molar-refractivity contribution in [1.29, 1.82) is 0 Å². The first-order valence-electron chi connectivity index (χ1n) is 7.74. The zero-order chi connectivity index (χ0) is 19.9. The molecule has 0 aliphatic carbocycles. The Labute approximate surface area is 166 Å². The van der Waals surface area contributed by atoms with E-state index in [1.165, 1.54) is 23.4 Å². The molecule has 0 saturated carbocycles. The van der Waals surface area contributed by atoms with Crippen molar-refractivity contribution in [2.24, 2.45) is 7.05 Å². The third-order valence-electron chi connectivity index (χ3n) is 3.99. The predicted octanol–water partition coefficient (Wildman–Crippen LogP) is 0.0979. The average Bonchev–Trinajstić information content (AvgIpc) is 2.94. The maximum atomic E-state index is 12.5. The van der Waals surface area contributed by atoms with Crippen molar-refractivity contribution in [3.8, 4) is 0 Å². The molecular formula is C15H15BrN4O6S. The lowest BCUT2D eigenvalue weighted by Crippen LogP contribution is -2.70. The molecule has 0 aromatic carbocycles. The van der Waals surface area contributed by atoms with E-state index in [1.54, 1.807) is 13.2 Å². The first-order valence-corrected chi connectivity index (χ1v) is 9.58. The predicted molar refractivity (Wildman–Crippen MR) is 96.5 cm³/mol. The van der Waals surface area contributed by atoms with E-state index in [9.17, 15) is 24.3 Å². The molecule has 1 fully saturated rings. The van der Waals surface area contributed by atoms with Gasteiger partial charge in [0.15, 0.2) is 5.69 Å². The molecule has 144 valence electrons. The zero-order valence-electron chi connectivity index (χ0n) is 14.3. The van der Waals surface area contributed by atoms with Crippen LogP contribution in [0.15, 0.2) is 21.9 Å². The maximum Gasteiger partial charge on any atom is 0.352 e. The van der Waals surface area contributed by atoms with Crippen LogP contribution in [0.25, 0.3) is 0 Å². The van der Waals surface area contributed by atoms with Crippen molar-refractivity contribution in [2.75, 3.05) is 12.4 Å². The summed E-state index contributed by atoms with van der Waals surface area (Å²) < 4.78 is 6.81. The molecule has 2 aliphatic rings. The number of thioether (sulfide) groups is 1. The van der Waals surface area contributed by atoms with Crippen LogP contribution in [0, 0.1) is 0 Å². The molecule has 1 aromatic heterocycles. The molecule has 12 heteroatoms. The Kier molecular flexibility index (Phi) is 5.29. The highest BCUT2D eigenvalue weighted by molar-refractivity contribution is 9.10. The van der Waals surface area contributed by atoms with Crippen LogP contribution in [0.5, 0.6) is 0 Å². The van der Waals surface area contributed by atoms with Crippen molar-refractivity contribution < 1.29 is 29.0 Å². The van der Waals surface area contributed by atoms with E-state index in [-0.39, 0.29) is 23.8 Å². The van der Waals surface area contributed by atoms with Gasteiger partial charge in [0.25, 0.3) is 11.8 Å². The summed E-state index contributed by atoms with van der Waals surface area (Å²) in [6.07, 6.45) is 1.60. The molecule has 0 bridgehead atoms. The van der Waals surface area contributed by atoms with E-state index in [1.807, 2.05) is 0 Å². The summed E-state index contributed by atoms with van der Waals surface area (Å²) in [7, 11) is 1.66. The molecule has 0 spiro atoms. The molecule has 2 amide bonds. The second-order valence-corrected chi connectivity index (χ2v) is 7.86. The van der Waals surface area contributed by atoms with Gasteiger partial charge >= 0.3 is 11.9 Å². The second-order valence-electron chi connectivity index (χ2n) is 5.90. The lowest BCUT2D eigenvalue weighted by atomic mass is 10.0. The number of ether oxygens (including phenoxy) is 1. The smallest absolute Gasteiger partial charge is 0.352 e. The first-order chi connectivity index (χ1) is 12.7. The van der Waals surface area contributed by atoms with Gasteiger partial charge in [-0.2, -0.15) is 5.10 Å². The number of carboxylic acid groups (broad SMARTS) is 1. The standard InChI is InChI=1S/C15H15BrN4O6S/c1-6(21)26-4-7-5-27-14-10(13(23)20(14)11(7)15(24)25)17-12(22)9-8(16)3-19(2)18-9/h3,10,14H,4-5H2,1-2H3,(H,17,22)(H,24,25)/t10-,14-/m0/s1. The normalized spacial score (nSPS) is 21.4. The molecule has 2 N–H and O–H groups in total. The molecule has 3 rings (SSSR count). The van der Waals surface area contributed by atoms with Crippen LogP contribution < -0.4 is 5.32 Å². The number of fused-ring (bicyclic) bond motifs is 1. The number of carbonyl (C=O) groups is 4. The summed E-state index contributed by atoms with van der Waals surface area (Å²) in [6.45, 7) is 1.02. The third-order valence-corrected chi connectivity index (χ3v) is 5.91. The summed E-state index contributed by atoms with van der Waals surface area (Å²) in [5, 5.41) is 15.6. The van der Waals surface area contributed by atoms with E-state index < -0.39 is 35.2 Å². The highest BCUT2D eigenvalue weighted by Crippen LogP contribution is 2.40. The SMILES string of the molecule is CC(=O)OCC1=C(C(=O)O)N2C(=O)[C@H](NC(=O)c3nn(C)cc3Br)[C@@H]2SC1. The van der Waals surface area contributed by atoms with Crippen LogP contribution in [0.4, 0.5) is 0 Å². The van der Waals surface area contributed by atoms with Gasteiger partial charge < -0.3 is 15.2 Å². The summed E-state index contributed by atoms with van der Waals surface area (Å²) >= 11 is 4.52. The van der Waals surface area contributed by atoms with Gasteiger partial charge in [-0.25, -0.2) is 4.79 Å². The number of amides is 2. The van der Waals surface area contributed by atoms with Crippen molar-refractivity contribution in [1.82, 2.24) is 20.0 Å². The Bertz CT molecular complexity index is 882. The van der Waals surface area contributed by atoms with Gasteiger partial charge in [0.05, 0.1) is 4.47 Å². The van der Waals surface area contributed by atoms with Crippen LogP contribution in [0.3, 0.4) is 0 Å². The van der Waals surface area contributed by atoms with E-state index in [4.69, 9.17) is 4.74 Å². The summed E-state index contributed by atoms with van der Waals surface area (Å²) in [5.41, 5.74) is 0.271. The highest BCUT2D eigenvalue weighted by Gasteiger charge is 2.54. The molecule has 0 unspecified atom stereocenters. The van der Waals surface area contributed by atoms with E-state index in [0.29, 0.717) is 10.0 Å². The lowest BCUT2D eigenvalue weighted by Gasteiger charge is -2.49. The average molecular weight is 459 g/mol. The summed E-state index contributed by atoms with van der Waals surface area (Å²) in [5.74, 6) is -2.63. The molecule has 2 aliphatic heterocycles. The number of aliphatic carboxylic acids is 1. The first kappa shape index (κ1) is 19.4. The minimum Gasteiger partial charge on any atom is -0.477 e. The number of nitrogens with zero attached hydrogens (tertiary/aromatic N) is 3. The number of nitrogens with one attached hydrogen (secondary N) is 1. The third kappa shape index (κ3) is 3.58. The monoisotopic (exact) mass is 458 g/mol. The number of esters is 1. The minimum atomic E-state index is -1.28. The molecule has 2 atom stereocenters. The molecule has 0 radical (unpaired) electrons. The largest absolute Gasteiger partial charge is 0.477 e. The van der Waals surface area contributed by atoms with E-state index in [2.05, 4.69) is 26.3 Å². The van der Waals surface area contributed by atoms with Crippen molar-refractivity contribution in [2.45, 2.75) is 18.3 Å². The number of rotatable bonds is 5. The number of halogens is 1. The zero-order valence-corrected chi connectivity index (χ0v) is 16.7. The summed E-state index contributed by atoms with van der Waals surface area (Å²) in [4.78, 5) is 48.6. The molecule has 3 heterocycles. The number of aromatic nitrogens is 2. The van der Waals surface area contributed by atoms with Gasteiger partial charge in [-0.3, -0.25) is 24.0 Å². The van der Waals surface area contributed by atoms with Gasteiger partial charge in [0.1, 0.15) is 23.7 Å². The van der Waals surface area contributed by atoms with Crippen LogP contribution in [-0.2, 0) is 26.2 Å². The number of aryl methyl sites for hydroxylation is 1. The lowest BCUT2D eigenvalue weighted by molar-refractivity contribution is -0.149. The van der Waals surface area contributed by atoms with E-state index >= 15 is 0 Å². The van der Waals surface area contributed by atoms with E-state index in [0.717, 1.165) is 4.90 Å². The van der Waals surface area contributed by atoms with Gasteiger partial charge in [0, 0.05) is 31.5 Å². The number of hydrogen-bond donors (Lipinski definition) is 2. The Morgan fingerprint density at radius 3 is 2.74 bits per heavy atom. The molecule has 27 heavy (non-hydrogen) atoms. The number of carboxylic acids is 1. The molecular weight excluding hydrogens is 444 g/mol. The number of β-lactam (4-membered cyclic amide) rings is 1. The molecule has 10 nitrogen and oxygen atoms in total. The Balaban J connectivity index is 1.77. The van der Waals surface area contributed by atoms with Crippen LogP contribution in [0.1, 0.15) is 17.4 Å². The Hall–Kier alpha value is -2.34. The van der Waals surface area contributed by atoms with Crippen LogP contribution >= 0.6 is 27.7 Å². The fourth-order valence-electron chi connectivity index (χ4n) is 2.81. The quantitative estimate of drug-likeness (QED) is 0.468. The van der Waals surface area contributed by atoms with Gasteiger partial charge in [-0.05, 0) is 15.9 Å². The van der Waals surface area contributed by atoms with Crippen molar-refractivity contribution in [3.05, 3.63) is 27.6 Å². The Morgan fingerprint density at radius 2 is 2.19 bits per heavy atom. The second kappa shape index (κ2) is 7.35. The van der Waals surface area contributed by atoms with Crippen LogP contribution in [-0.4, -0.2) is 67.3 Å². The van der Waals surface area contributed by atoms with Gasteiger partial charge in [-0.1, -0.05) is 0 Å². The topological polar surface area (TPSA) is 131 Å². The summed E-state index contributed by atoms with van der Waals surface area (Å²) in [6, 6.07) is -0.860. The number of carbonyl (C=O) groups excluding carboxylic acids is 3. The van der Waals surface area contributed by atoms with Crippen molar-refractivity contribution in [3.63, 3.8) is 0 Å². The number of hydrogen-bond acceptors (Lipinski definition) is 7. The Morgan fingerprint density at radius 1 is 1.48 bits per heavy atom. The molecule has 1 aromatic rings. The van der Waals surface area contributed by atoms with Gasteiger partial charge in [0.2, 0.25) is 0 Å². The van der Waals surface area contributed by atoms with Crippen molar-refractivity contribution >= 4 is 51.4 Å². The fraction of sp³-hybridized carbons (Fsp3) is 0.400. The van der Waals surface area contributed by atoms with Gasteiger partial charge in [-0.15, -0.1) is 11.8 Å². The highest BCUT2D eigenvalue weighted by atomic mass is 79.9. The fourth-order valence-corrected chi connectivity index (χ4v) is 4.69. The van der Waals surface area contributed by atoms with Crippen LogP contribution in [0.2, 0.25) is 0 Å². The minimum absolute atomic E-state index is 0.133. The maximum absolute atomic E-state index is 12.5.